The van der Waals surface area contributed by atoms with Gasteiger partial charge in [-0.2, -0.15) is 0 Å². The van der Waals surface area contributed by atoms with E-state index in [-0.39, 0.29) is 6.54 Å². The number of nitrogens with zero attached hydrogens (tertiary/aromatic N) is 3. The predicted octanol–water partition coefficient (Wildman–Crippen LogP) is -0.137. The van der Waals surface area contributed by atoms with Crippen molar-refractivity contribution in [3.05, 3.63) is 35.9 Å². The Morgan fingerprint density at radius 3 is 1.80 bits per heavy atom. The minimum absolute atomic E-state index is 0.0918. The van der Waals surface area contributed by atoms with E-state index in [0.29, 0.717) is 10.5 Å². The topological polar surface area (TPSA) is 231 Å². The third-order valence-corrected chi connectivity index (χ3v) is 7.56. The molecular weight excluding hydrogens is 728 g/mol. The minimum Gasteiger partial charge on any atom is -0.463 e. The van der Waals surface area contributed by atoms with Crippen LogP contribution in [0.3, 0.4) is 0 Å². The third-order valence-electron chi connectivity index (χ3n) is 7.56. The molecule has 1 fully saturated rings. The molecule has 1 heterocycles. The van der Waals surface area contributed by atoms with Crippen LogP contribution in [0.2, 0.25) is 0 Å². The number of carbonyl (C=O) groups excluding carboxylic acids is 9. The zero-order valence-electron chi connectivity index (χ0n) is 32.5. The Kier molecular flexibility index (Phi) is 17.4. The zero-order valence-corrected chi connectivity index (χ0v) is 32.5. The highest BCUT2D eigenvalue weighted by Gasteiger charge is 2.52. The summed E-state index contributed by atoms with van der Waals surface area (Å²) in [6, 6.07) is 8.63. The fourth-order valence-electron chi connectivity index (χ4n) is 5.19. The maximum absolute atomic E-state index is 13.9. The summed E-state index contributed by atoms with van der Waals surface area (Å²) in [4.78, 5) is 117. The highest BCUT2D eigenvalue weighted by molar-refractivity contribution is 6.01. The normalized spacial score (nSPS) is 19.2. The Balaban J connectivity index is 2.50. The summed E-state index contributed by atoms with van der Waals surface area (Å²) in [7, 11) is 1.31. The van der Waals surface area contributed by atoms with Gasteiger partial charge in [-0.3, -0.25) is 53.4 Å². The Bertz CT molecular complexity index is 1580. The number of imide groups is 1. The average molecular weight is 779 g/mol. The molecule has 1 saturated heterocycles. The molecule has 1 N–H and O–H groups in total. The van der Waals surface area contributed by atoms with E-state index >= 15 is 0 Å². The number of ether oxygens (including phenoxy) is 6. The molecular formula is C36H50N4O15. The molecule has 1 aliphatic rings. The Morgan fingerprint density at radius 2 is 1.27 bits per heavy atom. The van der Waals surface area contributed by atoms with Crippen molar-refractivity contribution in [3.8, 4) is 0 Å². The van der Waals surface area contributed by atoms with Crippen LogP contribution >= 0.6 is 0 Å². The fourth-order valence-corrected chi connectivity index (χ4v) is 5.19. The molecule has 4 amide bonds. The Morgan fingerprint density at radius 1 is 0.709 bits per heavy atom. The van der Waals surface area contributed by atoms with E-state index < -0.39 is 123 Å². The quantitative estimate of drug-likeness (QED) is 0.170. The van der Waals surface area contributed by atoms with E-state index in [1.54, 1.807) is 51.1 Å². The number of likely N-dealkylation sites (N-methyl/N-ethyl adjacent to an activating group) is 1. The summed E-state index contributed by atoms with van der Waals surface area (Å²) in [5.74, 6) is -7.42. The second-order valence-electron chi connectivity index (χ2n) is 13.6. The van der Waals surface area contributed by atoms with Gasteiger partial charge < -0.3 is 38.2 Å². The van der Waals surface area contributed by atoms with Crippen LogP contribution in [0.1, 0.15) is 61.0 Å². The van der Waals surface area contributed by atoms with Crippen molar-refractivity contribution in [3.63, 3.8) is 0 Å². The van der Waals surface area contributed by atoms with Crippen LogP contribution in [0.15, 0.2) is 30.3 Å². The van der Waals surface area contributed by atoms with Crippen molar-refractivity contribution >= 4 is 53.5 Å². The number of rotatable bonds is 16. The van der Waals surface area contributed by atoms with Gasteiger partial charge in [0.2, 0.25) is 23.6 Å². The number of carbonyl (C=O) groups is 9. The smallest absolute Gasteiger partial charge is 0.326 e. The molecule has 0 aromatic heterocycles. The van der Waals surface area contributed by atoms with Gasteiger partial charge in [0.05, 0.1) is 13.1 Å². The van der Waals surface area contributed by atoms with Crippen molar-refractivity contribution in [1.29, 1.82) is 0 Å². The van der Waals surface area contributed by atoms with Crippen molar-refractivity contribution < 1.29 is 71.6 Å². The van der Waals surface area contributed by atoms with Gasteiger partial charge >= 0.3 is 29.8 Å². The number of nitrogens with one attached hydrogen (secondary N) is 1. The first-order valence-corrected chi connectivity index (χ1v) is 17.2. The summed E-state index contributed by atoms with van der Waals surface area (Å²) < 4.78 is 32.6. The van der Waals surface area contributed by atoms with Crippen LogP contribution in [0.25, 0.3) is 0 Å². The molecule has 55 heavy (non-hydrogen) atoms. The predicted molar refractivity (Wildman–Crippen MR) is 188 cm³/mol. The number of amides is 4. The van der Waals surface area contributed by atoms with Crippen LogP contribution in [0.5, 0.6) is 0 Å². The molecule has 0 spiro atoms. The maximum Gasteiger partial charge on any atom is 0.326 e. The number of hydrogen-bond acceptors (Lipinski definition) is 16. The highest BCUT2D eigenvalue weighted by Crippen LogP contribution is 2.28. The van der Waals surface area contributed by atoms with Gasteiger partial charge in [0, 0.05) is 48.2 Å². The van der Waals surface area contributed by atoms with E-state index in [0.717, 1.165) is 37.5 Å². The van der Waals surface area contributed by atoms with Gasteiger partial charge in [-0.25, -0.2) is 0 Å². The van der Waals surface area contributed by atoms with Gasteiger partial charge in [-0.1, -0.05) is 30.3 Å². The molecule has 1 aromatic carbocycles. The maximum atomic E-state index is 13.9. The van der Waals surface area contributed by atoms with E-state index in [1.165, 1.54) is 14.0 Å². The summed E-state index contributed by atoms with van der Waals surface area (Å²) >= 11 is 0. The summed E-state index contributed by atoms with van der Waals surface area (Å²) in [5, 5.41) is 2.69. The molecule has 304 valence electrons. The first-order chi connectivity index (χ1) is 25.6. The molecule has 0 radical (unpaired) electrons. The van der Waals surface area contributed by atoms with Crippen molar-refractivity contribution in [2.75, 3.05) is 39.8 Å². The minimum atomic E-state index is -1.57. The summed E-state index contributed by atoms with van der Waals surface area (Å²) in [5.41, 5.74) is -0.251. The lowest BCUT2D eigenvalue weighted by Crippen LogP contribution is -2.66. The Labute approximate surface area is 318 Å². The van der Waals surface area contributed by atoms with Crippen LogP contribution < -0.4 is 5.32 Å². The van der Waals surface area contributed by atoms with Crippen LogP contribution in [0.4, 0.5) is 0 Å². The monoisotopic (exact) mass is 778 g/mol. The lowest BCUT2D eigenvalue weighted by atomic mass is 9.97. The van der Waals surface area contributed by atoms with Crippen molar-refractivity contribution in [1.82, 2.24) is 20.0 Å². The average Bonchev–Trinajstić information content (AvgIpc) is 3.05. The molecule has 0 bridgehead atoms. The SMILES string of the molecule is CC(=O)OC[C@H]1O[C@@H](NCC(=O)N(CC(=O)N(CC(=O)OC(C)(C)C)Cc2ccccc2)C(=O)CN(C)C(C)=O)[C@H](OC(C)=O)[C@@H](OC(C)=O)[C@@H]1OC(C)=O. The number of hydrogen-bond donors (Lipinski definition) is 1. The molecule has 1 aliphatic heterocycles. The summed E-state index contributed by atoms with van der Waals surface area (Å²) in [6.07, 6.45) is -7.44. The fraction of sp³-hybridized carbons (Fsp3) is 0.583. The lowest BCUT2D eigenvalue weighted by Gasteiger charge is -2.44. The molecule has 19 nitrogen and oxygen atoms in total. The second kappa shape index (κ2) is 20.9. The highest BCUT2D eigenvalue weighted by atomic mass is 16.7. The van der Waals surface area contributed by atoms with Gasteiger partial charge in [-0.05, 0) is 26.3 Å². The first kappa shape index (κ1) is 45.7. The Hall–Kier alpha value is -5.43. The molecule has 19 heteroatoms. The zero-order chi connectivity index (χ0) is 41.6. The van der Waals surface area contributed by atoms with Crippen molar-refractivity contribution in [2.45, 2.75) is 98.2 Å². The van der Waals surface area contributed by atoms with Crippen LogP contribution in [0, 0.1) is 0 Å². The molecule has 2 rings (SSSR count). The molecule has 5 atom stereocenters. The van der Waals surface area contributed by atoms with E-state index in [2.05, 4.69) is 5.32 Å². The second-order valence-corrected chi connectivity index (χ2v) is 13.6. The van der Waals surface area contributed by atoms with Gasteiger partial charge in [-0.15, -0.1) is 0 Å². The van der Waals surface area contributed by atoms with Gasteiger partial charge in [0.15, 0.2) is 24.5 Å². The number of esters is 5. The van der Waals surface area contributed by atoms with Gasteiger partial charge in [0.25, 0.3) is 0 Å². The van der Waals surface area contributed by atoms with Crippen LogP contribution in [-0.2, 0) is 78.1 Å². The van der Waals surface area contributed by atoms with E-state index in [1.807, 2.05) is 0 Å². The molecule has 0 aliphatic carbocycles. The molecule has 0 saturated carbocycles. The van der Waals surface area contributed by atoms with Crippen LogP contribution in [-0.4, -0.2) is 144 Å². The standard InChI is InChI=1S/C36H50N4O15/c1-21(41)38(9)17-30(48)40(18-29(47)39(16-26-13-11-10-12-14-26)19-31(49)55-36(6,7)8)28(46)15-37-35-34(53-25(5)45)33(52-24(4)44)32(51-23(3)43)27(54-35)20-50-22(2)42/h10-14,27,32-35,37H,15-20H2,1-9H3/t27-,32-,33+,34-,35-/m1/s1. The molecule has 1 aromatic rings. The summed E-state index contributed by atoms with van der Waals surface area (Å²) in [6.45, 7) is 6.95. The third kappa shape index (κ3) is 15.8. The van der Waals surface area contributed by atoms with E-state index in [4.69, 9.17) is 28.4 Å². The van der Waals surface area contributed by atoms with Crippen molar-refractivity contribution in [2.24, 2.45) is 0 Å². The largest absolute Gasteiger partial charge is 0.463 e. The lowest BCUT2D eigenvalue weighted by molar-refractivity contribution is -0.257. The molecule has 0 unspecified atom stereocenters. The number of benzene rings is 1. The first-order valence-electron chi connectivity index (χ1n) is 17.2. The van der Waals surface area contributed by atoms with E-state index in [9.17, 15) is 43.2 Å². The van der Waals surface area contributed by atoms with Gasteiger partial charge in [0.1, 0.15) is 31.4 Å².